The molecular weight excluding hydrogens is 488 g/mol. The van der Waals surface area contributed by atoms with Crippen molar-refractivity contribution in [1.82, 2.24) is 4.90 Å². The van der Waals surface area contributed by atoms with E-state index >= 15 is 0 Å². The minimum atomic E-state index is -1.32. The highest BCUT2D eigenvalue weighted by atomic mass is 16.4. The van der Waals surface area contributed by atoms with Crippen LogP contribution in [0.3, 0.4) is 0 Å². The van der Waals surface area contributed by atoms with E-state index < -0.39 is 17.0 Å². The molecule has 0 atom stereocenters. The van der Waals surface area contributed by atoms with Gasteiger partial charge in [0.2, 0.25) is 0 Å². The molecule has 0 radical (unpaired) electrons. The van der Waals surface area contributed by atoms with E-state index in [2.05, 4.69) is 56.0 Å². The smallest absolute Gasteiger partial charge is 0.329 e. The normalized spacial score (nSPS) is 15.2. The molecule has 1 aliphatic rings. The Kier molecular flexibility index (Phi) is 9.05. The van der Waals surface area contributed by atoms with E-state index in [0.717, 1.165) is 67.2 Å². The number of aliphatic carboxylic acids is 1. The molecule has 0 unspecified atom stereocenters. The number of benzene rings is 2. The number of carbonyl (C=O) groups excluding carboxylic acids is 1. The molecule has 0 saturated heterocycles. The molecular formula is C33H42N2O4. The predicted molar refractivity (Wildman–Crippen MR) is 156 cm³/mol. The lowest BCUT2D eigenvalue weighted by Gasteiger charge is -2.35. The van der Waals surface area contributed by atoms with Crippen LogP contribution in [-0.4, -0.2) is 40.0 Å². The molecule has 1 fully saturated rings. The Morgan fingerprint density at radius 2 is 1.54 bits per heavy atom. The largest absolute Gasteiger partial charge is 0.480 e. The fourth-order valence-corrected chi connectivity index (χ4v) is 5.67. The van der Waals surface area contributed by atoms with Crippen LogP contribution in [0.1, 0.15) is 111 Å². The number of aryl methyl sites for hydroxylation is 2. The fourth-order valence-electron chi connectivity index (χ4n) is 5.67. The van der Waals surface area contributed by atoms with Crippen molar-refractivity contribution < 1.29 is 14.7 Å². The highest BCUT2D eigenvalue weighted by Gasteiger charge is 2.37. The maximum atomic E-state index is 13.2. The minimum Gasteiger partial charge on any atom is -0.480 e. The summed E-state index contributed by atoms with van der Waals surface area (Å²) in [7, 11) is 1.53. The maximum Gasteiger partial charge on any atom is 0.329 e. The monoisotopic (exact) mass is 530 g/mol. The zero-order valence-corrected chi connectivity index (χ0v) is 24.5. The molecule has 6 nitrogen and oxygen atoms in total. The number of rotatable bonds is 8. The van der Waals surface area contributed by atoms with E-state index in [1.807, 2.05) is 25.1 Å². The summed E-state index contributed by atoms with van der Waals surface area (Å²) in [5.41, 5.74) is 3.24. The summed E-state index contributed by atoms with van der Waals surface area (Å²) in [6.45, 7) is 11.4. The SMILES string of the molecule is CCC(CC)(c1ccc(C#CC2(N=O)CCCCC2)c(C)c1)c1ccc(C(=O)N(C)C(C)(C)C(=O)O)c(C)c1. The second kappa shape index (κ2) is 11.7. The zero-order valence-electron chi connectivity index (χ0n) is 24.5. The van der Waals surface area contributed by atoms with E-state index in [4.69, 9.17) is 0 Å². The Morgan fingerprint density at radius 1 is 0.974 bits per heavy atom. The van der Waals surface area contributed by atoms with Crippen molar-refractivity contribution in [2.24, 2.45) is 5.18 Å². The average Bonchev–Trinajstić information content (AvgIpc) is 2.93. The van der Waals surface area contributed by atoms with Crippen molar-refractivity contribution >= 4 is 11.9 Å². The van der Waals surface area contributed by atoms with E-state index in [1.54, 1.807) is 0 Å². The molecule has 0 aromatic heterocycles. The first-order chi connectivity index (χ1) is 18.4. The van der Waals surface area contributed by atoms with Gasteiger partial charge in [0.15, 0.2) is 5.54 Å². The van der Waals surface area contributed by atoms with Crippen LogP contribution in [0.5, 0.6) is 0 Å². The van der Waals surface area contributed by atoms with Crippen molar-refractivity contribution in [2.45, 2.75) is 103 Å². The summed E-state index contributed by atoms with van der Waals surface area (Å²) < 4.78 is 0. The van der Waals surface area contributed by atoms with Crippen LogP contribution < -0.4 is 0 Å². The third-order valence-electron chi connectivity index (χ3n) is 8.95. The van der Waals surface area contributed by atoms with Crippen molar-refractivity contribution in [3.05, 3.63) is 74.7 Å². The number of amides is 1. The molecule has 0 bridgehead atoms. The van der Waals surface area contributed by atoms with Gasteiger partial charge in [0, 0.05) is 23.6 Å². The maximum absolute atomic E-state index is 13.2. The van der Waals surface area contributed by atoms with E-state index in [9.17, 15) is 19.6 Å². The first-order valence-corrected chi connectivity index (χ1v) is 14.0. The molecule has 1 amide bonds. The average molecular weight is 531 g/mol. The van der Waals surface area contributed by atoms with Crippen LogP contribution in [0, 0.1) is 30.6 Å². The third kappa shape index (κ3) is 5.78. The highest BCUT2D eigenvalue weighted by molar-refractivity contribution is 5.98. The summed E-state index contributed by atoms with van der Waals surface area (Å²) in [6, 6.07) is 12.3. The topological polar surface area (TPSA) is 87.0 Å². The Morgan fingerprint density at radius 3 is 2.03 bits per heavy atom. The lowest BCUT2D eigenvalue weighted by Crippen LogP contribution is -2.50. The van der Waals surface area contributed by atoms with Crippen LogP contribution in [0.25, 0.3) is 0 Å². The Bertz CT molecular complexity index is 1300. The molecule has 1 aliphatic carbocycles. The number of carboxylic acids is 1. The van der Waals surface area contributed by atoms with E-state index in [-0.39, 0.29) is 11.3 Å². The number of carboxylic acid groups (broad SMARTS) is 1. The van der Waals surface area contributed by atoms with Crippen LogP contribution in [0.15, 0.2) is 41.6 Å². The molecule has 1 saturated carbocycles. The fraction of sp³-hybridized carbons (Fsp3) is 0.515. The van der Waals surface area contributed by atoms with Crippen molar-refractivity contribution in [3.8, 4) is 11.8 Å². The highest BCUT2D eigenvalue weighted by Crippen LogP contribution is 2.40. The number of hydrogen-bond donors (Lipinski definition) is 1. The molecule has 0 spiro atoms. The van der Waals surface area contributed by atoms with Gasteiger partial charge in [-0.1, -0.05) is 61.6 Å². The van der Waals surface area contributed by atoms with Gasteiger partial charge in [0.1, 0.15) is 5.54 Å². The second-order valence-electron chi connectivity index (χ2n) is 11.5. The molecule has 6 heteroatoms. The van der Waals surface area contributed by atoms with Gasteiger partial charge in [0.05, 0.1) is 0 Å². The number of hydrogen-bond acceptors (Lipinski definition) is 4. The quantitative estimate of drug-likeness (QED) is 0.290. The Balaban J connectivity index is 1.98. The van der Waals surface area contributed by atoms with Crippen LogP contribution in [0.2, 0.25) is 0 Å². The van der Waals surface area contributed by atoms with Gasteiger partial charge < -0.3 is 10.0 Å². The Labute approximate surface area is 233 Å². The van der Waals surface area contributed by atoms with Crippen molar-refractivity contribution in [1.29, 1.82) is 0 Å². The molecule has 2 aromatic carbocycles. The Hall–Kier alpha value is -3.46. The van der Waals surface area contributed by atoms with Crippen LogP contribution in [0.4, 0.5) is 0 Å². The summed E-state index contributed by atoms with van der Waals surface area (Å²) in [4.78, 5) is 37.8. The van der Waals surface area contributed by atoms with Gasteiger partial charge in [-0.2, -0.15) is 0 Å². The van der Waals surface area contributed by atoms with Crippen molar-refractivity contribution in [2.75, 3.05) is 7.05 Å². The molecule has 0 heterocycles. The summed E-state index contributed by atoms with van der Waals surface area (Å²) in [5, 5.41) is 13.0. The molecule has 3 rings (SSSR count). The van der Waals surface area contributed by atoms with Crippen LogP contribution in [-0.2, 0) is 10.2 Å². The van der Waals surface area contributed by atoms with Gasteiger partial charge in [-0.05, 0) is 101 Å². The standard InChI is InChI=1S/C33H42N2O4/c1-8-33(9-2,27-15-16-28(24(4)22-27)29(36)35(7)31(5,6)30(37)38)26-14-13-25(23(3)21-26)17-20-32(34-39)18-11-10-12-19-32/h13-16,21-22H,8-12,18-19H2,1-7H3,(H,37,38). The molecule has 208 valence electrons. The van der Waals surface area contributed by atoms with Crippen molar-refractivity contribution in [3.63, 3.8) is 0 Å². The first kappa shape index (κ1) is 30.1. The van der Waals surface area contributed by atoms with Gasteiger partial charge in [-0.3, -0.25) is 4.79 Å². The van der Waals surface area contributed by atoms with Crippen LogP contribution >= 0.6 is 0 Å². The van der Waals surface area contributed by atoms with Gasteiger partial charge >= 0.3 is 5.97 Å². The number of carbonyl (C=O) groups is 2. The number of likely N-dealkylation sites (N-methyl/N-ethyl adjacent to an activating group) is 1. The molecule has 1 N–H and O–H groups in total. The lowest BCUT2D eigenvalue weighted by molar-refractivity contribution is -0.147. The van der Waals surface area contributed by atoms with E-state index in [1.165, 1.54) is 31.4 Å². The molecule has 39 heavy (non-hydrogen) atoms. The molecule has 2 aromatic rings. The lowest BCUT2D eigenvalue weighted by atomic mass is 9.69. The third-order valence-corrected chi connectivity index (χ3v) is 8.95. The first-order valence-electron chi connectivity index (χ1n) is 14.0. The van der Waals surface area contributed by atoms with Gasteiger partial charge in [-0.15, -0.1) is 4.91 Å². The zero-order chi connectivity index (χ0) is 29.0. The predicted octanol–water partition coefficient (Wildman–Crippen LogP) is 7.17. The number of nitroso groups, excluding NO2 is 1. The van der Waals surface area contributed by atoms with Gasteiger partial charge in [0.25, 0.3) is 5.91 Å². The summed E-state index contributed by atoms with van der Waals surface area (Å²) in [5.74, 6) is 5.10. The molecule has 0 aliphatic heterocycles. The number of nitrogens with zero attached hydrogens (tertiary/aromatic N) is 2. The minimum absolute atomic E-state index is 0.260. The van der Waals surface area contributed by atoms with E-state index in [0.29, 0.717) is 5.56 Å². The summed E-state index contributed by atoms with van der Waals surface area (Å²) in [6.07, 6.45) is 6.31. The van der Waals surface area contributed by atoms with Gasteiger partial charge in [-0.25, -0.2) is 4.79 Å². The summed E-state index contributed by atoms with van der Waals surface area (Å²) >= 11 is 0. The second-order valence-corrected chi connectivity index (χ2v) is 11.5.